The van der Waals surface area contributed by atoms with Gasteiger partial charge in [-0.2, -0.15) is 0 Å². The van der Waals surface area contributed by atoms with Crippen molar-refractivity contribution in [1.29, 1.82) is 0 Å². The summed E-state index contributed by atoms with van der Waals surface area (Å²) in [4.78, 5) is 10.8. The van der Waals surface area contributed by atoms with E-state index in [1.807, 2.05) is 6.92 Å². The summed E-state index contributed by atoms with van der Waals surface area (Å²) in [5, 5.41) is 0. The molecule has 1 aliphatic rings. The van der Waals surface area contributed by atoms with Crippen LogP contribution in [0.15, 0.2) is 0 Å². The maximum absolute atomic E-state index is 10.8. The van der Waals surface area contributed by atoms with Crippen LogP contribution in [0.1, 0.15) is 32.6 Å². The first-order valence-corrected chi connectivity index (χ1v) is 4.33. The Hall–Kier alpha value is -0.810. The van der Waals surface area contributed by atoms with E-state index in [4.69, 9.17) is 4.74 Å². The molecule has 12 heavy (non-hydrogen) atoms. The average molecular weight is 166 g/mol. The minimum atomic E-state index is -0.496. The van der Waals surface area contributed by atoms with E-state index in [9.17, 15) is 4.79 Å². The van der Waals surface area contributed by atoms with Crippen molar-refractivity contribution in [1.82, 2.24) is 0 Å². The Morgan fingerprint density at radius 2 is 2.50 bits per heavy atom. The average Bonchev–Trinajstić information content (AvgIpc) is 2.55. The summed E-state index contributed by atoms with van der Waals surface area (Å²) < 4.78 is 5.40. The van der Waals surface area contributed by atoms with Crippen LogP contribution >= 0.6 is 0 Å². The first-order chi connectivity index (χ1) is 5.83. The lowest BCUT2D eigenvalue weighted by Gasteiger charge is -2.19. The van der Waals surface area contributed by atoms with Crippen LogP contribution in [0.25, 0.3) is 0 Å². The van der Waals surface area contributed by atoms with Crippen molar-refractivity contribution in [3.63, 3.8) is 0 Å². The van der Waals surface area contributed by atoms with Crippen molar-refractivity contribution in [3.05, 3.63) is 0 Å². The number of carbonyl (C=O) groups excluding carboxylic acids is 1. The molecule has 66 valence electrons. The molecule has 0 radical (unpaired) electrons. The van der Waals surface area contributed by atoms with Crippen molar-refractivity contribution in [3.8, 4) is 11.8 Å². The number of ether oxygens (including phenoxy) is 1. The van der Waals surface area contributed by atoms with Gasteiger partial charge in [0, 0.05) is 13.0 Å². The quantitative estimate of drug-likeness (QED) is 0.469. The molecule has 0 aliphatic carbocycles. The summed E-state index contributed by atoms with van der Waals surface area (Å²) >= 11 is 0. The summed E-state index contributed by atoms with van der Waals surface area (Å²) in [6, 6.07) is 0. The van der Waals surface area contributed by atoms with Gasteiger partial charge in [0.15, 0.2) is 6.29 Å². The fraction of sp³-hybridized carbons (Fsp3) is 0.700. The second-order valence-electron chi connectivity index (χ2n) is 3.06. The van der Waals surface area contributed by atoms with Crippen molar-refractivity contribution >= 4 is 6.29 Å². The lowest BCUT2D eigenvalue weighted by atomic mass is 9.96. The molecule has 0 aromatic heterocycles. The van der Waals surface area contributed by atoms with Crippen LogP contribution in [0.4, 0.5) is 0 Å². The predicted octanol–water partition coefficient (Wildman–Crippen LogP) is 1.54. The molecule has 0 saturated carbocycles. The van der Waals surface area contributed by atoms with E-state index in [-0.39, 0.29) is 0 Å². The molecule has 0 spiro atoms. The van der Waals surface area contributed by atoms with Gasteiger partial charge in [0.25, 0.3) is 0 Å². The monoisotopic (exact) mass is 166 g/mol. The van der Waals surface area contributed by atoms with E-state index in [2.05, 4.69) is 11.8 Å². The normalized spacial score (nSPS) is 27.8. The molecular weight excluding hydrogens is 152 g/mol. The van der Waals surface area contributed by atoms with Gasteiger partial charge >= 0.3 is 0 Å². The minimum Gasteiger partial charge on any atom is -0.367 e. The Kier molecular flexibility index (Phi) is 3.31. The van der Waals surface area contributed by atoms with Crippen LogP contribution in [0.2, 0.25) is 0 Å². The van der Waals surface area contributed by atoms with Gasteiger partial charge in [0.05, 0.1) is 0 Å². The molecule has 0 aromatic rings. The van der Waals surface area contributed by atoms with Crippen LogP contribution in [-0.4, -0.2) is 18.5 Å². The van der Waals surface area contributed by atoms with Gasteiger partial charge in [0.1, 0.15) is 5.60 Å². The van der Waals surface area contributed by atoms with Crippen LogP contribution in [0, 0.1) is 11.8 Å². The summed E-state index contributed by atoms with van der Waals surface area (Å²) in [6.07, 6.45) is 4.31. The third kappa shape index (κ3) is 2.09. The maximum Gasteiger partial charge on any atom is 0.151 e. The minimum absolute atomic E-state index is 0.496. The number of aldehydes is 1. The number of hydrogen-bond acceptors (Lipinski definition) is 2. The van der Waals surface area contributed by atoms with E-state index < -0.39 is 5.60 Å². The fourth-order valence-corrected chi connectivity index (χ4v) is 1.47. The molecule has 1 fully saturated rings. The smallest absolute Gasteiger partial charge is 0.151 e. The van der Waals surface area contributed by atoms with Crippen molar-refractivity contribution < 1.29 is 9.53 Å². The Labute approximate surface area is 73.3 Å². The van der Waals surface area contributed by atoms with E-state index in [1.165, 1.54) is 0 Å². The van der Waals surface area contributed by atoms with Gasteiger partial charge in [0.2, 0.25) is 0 Å². The van der Waals surface area contributed by atoms with Gasteiger partial charge in [-0.15, -0.1) is 11.8 Å². The Morgan fingerprint density at radius 3 is 3.00 bits per heavy atom. The van der Waals surface area contributed by atoms with Crippen LogP contribution in [-0.2, 0) is 9.53 Å². The Bertz CT molecular complexity index is 204. The highest BCUT2D eigenvalue weighted by Crippen LogP contribution is 2.27. The Morgan fingerprint density at radius 1 is 1.67 bits per heavy atom. The maximum atomic E-state index is 10.8. The number of carbonyl (C=O) groups is 1. The SMILES string of the molecule is CC#CCCC1(C=O)CCCO1. The van der Waals surface area contributed by atoms with Gasteiger partial charge < -0.3 is 9.53 Å². The van der Waals surface area contributed by atoms with Gasteiger partial charge in [-0.1, -0.05) is 0 Å². The molecule has 1 heterocycles. The molecule has 0 aromatic carbocycles. The summed E-state index contributed by atoms with van der Waals surface area (Å²) in [6.45, 7) is 2.53. The van der Waals surface area contributed by atoms with E-state index in [0.29, 0.717) is 0 Å². The zero-order valence-corrected chi connectivity index (χ0v) is 7.43. The van der Waals surface area contributed by atoms with Crippen molar-refractivity contribution in [2.45, 2.75) is 38.2 Å². The van der Waals surface area contributed by atoms with E-state index >= 15 is 0 Å². The molecule has 1 rings (SSSR count). The zero-order valence-electron chi connectivity index (χ0n) is 7.43. The molecule has 2 heteroatoms. The highest BCUT2D eigenvalue weighted by atomic mass is 16.5. The molecule has 0 N–H and O–H groups in total. The lowest BCUT2D eigenvalue weighted by Crippen LogP contribution is -2.29. The van der Waals surface area contributed by atoms with E-state index in [0.717, 1.165) is 38.6 Å². The molecule has 2 nitrogen and oxygen atoms in total. The Balaban J connectivity index is 2.42. The third-order valence-electron chi connectivity index (χ3n) is 2.20. The lowest BCUT2D eigenvalue weighted by molar-refractivity contribution is -0.126. The highest BCUT2D eigenvalue weighted by molar-refractivity contribution is 5.63. The molecule has 0 amide bonds. The summed E-state index contributed by atoms with van der Waals surface area (Å²) in [5.41, 5.74) is -0.496. The molecule has 1 atom stereocenters. The first-order valence-electron chi connectivity index (χ1n) is 4.33. The molecule has 1 saturated heterocycles. The predicted molar refractivity (Wildman–Crippen MR) is 46.7 cm³/mol. The van der Waals surface area contributed by atoms with Crippen molar-refractivity contribution in [2.24, 2.45) is 0 Å². The summed E-state index contributed by atoms with van der Waals surface area (Å²) in [5.74, 6) is 5.76. The first kappa shape index (κ1) is 9.28. The van der Waals surface area contributed by atoms with E-state index in [1.54, 1.807) is 0 Å². The standard InChI is InChI=1S/C10H14O2/c1-2-3-4-6-10(9-11)7-5-8-12-10/h9H,4-8H2,1H3. The van der Waals surface area contributed by atoms with Crippen molar-refractivity contribution in [2.75, 3.05) is 6.61 Å². The molecule has 1 unspecified atom stereocenters. The summed E-state index contributed by atoms with van der Waals surface area (Å²) in [7, 11) is 0. The number of rotatable bonds is 3. The van der Waals surface area contributed by atoms with Crippen LogP contribution in [0.3, 0.4) is 0 Å². The zero-order chi connectivity index (χ0) is 8.86. The van der Waals surface area contributed by atoms with Crippen LogP contribution in [0.5, 0.6) is 0 Å². The molecule has 0 bridgehead atoms. The third-order valence-corrected chi connectivity index (χ3v) is 2.20. The largest absolute Gasteiger partial charge is 0.367 e. The second kappa shape index (κ2) is 4.27. The second-order valence-corrected chi connectivity index (χ2v) is 3.06. The van der Waals surface area contributed by atoms with Gasteiger partial charge in [-0.05, 0) is 26.2 Å². The number of hydrogen-bond donors (Lipinski definition) is 0. The van der Waals surface area contributed by atoms with Crippen LogP contribution < -0.4 is 0 Å². The topological polar surface area (TPSA) is 26.3 Å². The highest BCUT2D eigenvalue weighted by Gasteiger charge is 2.33. The van der Waals surface area contributed by atoms with Gasteiger partial charge in [-0.3, -0.25) is 0 Å². The molecule has 1 aliphatic heterocycles. The molecular formula is C10H14O2. The van der Waals surface area contributed by atoms with Gasteiger partial charge in [-0.25, -0.2) is 0 Å². The fourth-order valence-electron chi connectivity index (χ4n) is 1.47.